The molecule has 1 saturated heterocycles. The Bertz CT molecular complexity index is 191. The van der Waals surface area contributed by atoms with E-state index in [1.165, 1.54) is 19.3 Å². The van der Waals surface area contributed by atoms with E-state index in [-0.39, 0.29) is 9.13 Å². The third-order valence-corrected chi connectivity index (χ3v) is 3.90. The molecule has 5 heteroatoms. The molecule has 0 aliphatic carbocycles. The van der Waals surface area contributed by atoms with E-state index >= 15 is 0 Å². The number of quaternary nitrogens is 1. The Morgan fingerprint density at radius 2 is 1.85 bits per heavy atom. The van der Waals surface area contributed by atoms with Gasteiger partial charge < -0.3 is 0 Å². The Morgan fingerprint density at radius 3 is 2.31 bits per heavy atom. The van der Waals surface area contributed by atoms with Gasteiger partial charge in [0, 0.05) is 13.1 Å². The highest BCUT2D eigenvalue weighted by Gasteiger charge is 2.29. The summed E-state index contributed by atoms with van der Waals surface area (Å²) in [5.41, 5.74) is 0. The molecule has 1 aliphatic heterocycles. The first-order chi connectivity index (χ1) is 6.02. The Kier molecular flexibility index (Phi) is 4.09. The lowest BCUT2D eigenvalue weighted by Crippen LogP contribution is -2.40. The fourth-order valence-corrected chi connectivity index (χ4v) is 2.45. The average Bonchev–Trinajstić information content (AvgIpc) is 2.05. The number of rotatable bonds is 2. The first-order valence-electron chi connectivity index (χ1n) is 4.54. The summed E-state index contributed by atoms with van der Waals surface area (Å²) in [4.78, 5) is 11.1. The molecule has 1 rings (SSSR count). The fourth-order valence-electron chi connectivity index (χ4n) is 1.27. The number of piperidine rings is 1. The van der Waals surface area contributed by atoms with Gasteiger partial charge in [0.25, 0.3) is 0 Å². The summed E-state index contributed by atoms with van der Waals surface area (Å²) in [5, 5.41) is -0.101. The highest BCUT2D eigenvalue weighted by molar-refractivity contribution is 7.99. The van der Waals surface area contributed by atoms with E-state index in [2.05, 4.69) is 16.9 Å². The summed E-state index contributed by atoms with van der Waals surface area (Å²) in [7, 11) is 3.74. The van der Waals surface area contributed by atoms with Gasteiger partial charge in [0.05, 0.1) is 14.1 Å². The van der Waals surface area contributed by atoms with Crippen LogP contribution in [0.5, 0.6) is 0 Å². The summed E-state index contributed by atoms with van der Waals surface area (Å²) >= 11 is 5.44. The number of hydrogen-bond acceptors (Lipinski definition) is 3. The van der Waals surface area contributed by atoms with Gasteiger partial charge in [-0.1, -0.05) is 6.42 Å². The minimum Gasteiger partial charge on any atom is -0.218 e. The molecule has 0 aromatic carbocycles. The van der Waals surface area contributed by atoms with Crippen molar-refractivity contribution in [1.29, 1.82) is 0 Å². The number of carbonyl (C=O) groups is 1. The van der Waals surface area contributed by atoms with Crippen LogP contribution in [0.2, 0.25) is 0 Å². The van der Waals surface area contributed by atoms with Gasteiger partial charge in [-0.3, -0.25) is 0 Å². The zero-order valence-electron chi connectivity index (χ0n) is 8.19. The SMILES string of the molecule is C[N+](C)(SN1CCCCC1)C(=O)S. The summed E-state index contributed by atoms with van der Waals surface area (Å²) in [6.07, 6.45) is 3.81. The zero-order valence-corrected chi connectivity index (χ0v) is 9.90. The zero-order chi connectivity index (χ0) is 9.90. The van der Waals surface area contributed by atoms with Crippen molar-refractivity contribution in [2.24, 2.45) is 0 Å². The number of amides is 1. The van der Waals surface area contributed by atoms with E-state index in [0.29, 0.717) is 0 Å². The quantitative estimate of drug-likeness (QED) is 0.438. The van der Waals surface area contributed by atoms with Crippen molar-refractivity contribution in [2.45, 2.75) is 19.3 Å². The maximum absolute atomic E-state index is 11.1. The highest BCUT2D eigenvalue weighted by atomic mass is 32.2. The van der Waals surface area contributed by atoms with Gasteiger partial charge in [0.15, 0.2) is 12.1 Å². The van der Waals surface area contributed by atoms with Gasteiger partial charge in [0.1, 0.15) is 0 Å². The van der Waals surface area contributed by atoms with Gasteiger partial charge in [0.2, 0.25) is 0 Å². The van der Waals surface area contributed by atoms with Crippen LogP contribution in [0.15, 0.2) is 0 Å². The van der Waals surface area contributed by atoms with Crippen LogP contribution >= 0.6 is 24.8 Å². The molecule has 1 fully saturated rings. The largest absolute Gasteiger partial charge is 0.384 e. The number of carbonyl (C=O) groups excluding carboxylic acids is 1. The Hall–Kier alpha value is 0.290. The molecule has 0 spiro atoms. The number of hydrogen-bond donors (Lipinski definition) is 1. The van der Waals surface area contributed by atoms with Crippen LogP contribution in [0.25, 0.3) is 0 Å². The maximum atomic E-state index is 11.1. The van der Waals surface area contributed by atoms with Crippen molar-refractivity contribution in [1.82, 2.24) is 4.31 Å². The van der Waals surface area contributed by atoms with E-state index in [1.54, 1.807) is 12.1 Å². The molecule has 0 aromatic heterocycles. The summed E-state index contributed by atoms with van der Waals surface area (Å²) in [5.74, 6) is 0. The van der Waals surface area contributed by atoms with Crippen LogP contribution in [-0.2, 0) is 0 Å². The summed E-state index contributed by atoms with van der Waals surface area (Å²) in [6, 6.07) is 0. The van der Waals surface area contributed by atoms with Gasteiger partial charge >= 0.3 is 5.24 Å². The highest BCUT2D eigenvalue weighted by Crippen LogP contribution is 2.26. The molecular formula is C8H17N2OS2+. The molecule has 0 saturated carbocycles. The average molecular weight is 221 g/mol. The van der Waals surface area contributed by atoms with E-state index < -0.39 is 0 Å². The van der Waals surface area contributed by atoms with Crippen LogP contribution in [0, 0.1) is 0 Å². The molecule has 0 aromatic rings. The Balaban J connectivity index is 2.41. The monoisotopic (exact) mass is 221 g/mol. The van der Waals surface area contributed by atoms with E-state index in [4.69, 9.17) is 0 Å². The lowest BCUT2D eigenvalue weighted by molar-refractivity contribution is -0.654. The molecule has 13 heavy (non-hydrogen) atoms. The number of nitrogens with zero attached hydrogens (tertiary/aromatic N) is 2. The van der Waals surface area contributed by atoms with Gasteiger partial charge in [-0.15, -0.1) is 0 Å². The number of thiol groups is 1. The molecule has 1 amide bonds. The minimum atomic E-state index is -0.101. The second-order valence-corrected chi connectivity index (χ2v) is 5.68. The second kappa shape index (κ2) is 4.68. The van der Waals surface area contributed by atoms with Crippen molar-refractivity contribution in [3.8, 4) is 0 Å². The van der Waals surface area contributed by atoms with E-state index in [0.717, 1.165) is 13.1 Å². The van der Waals surface area contributed by atoms with E-state index in [9.17, 15) is 4.79 Å². The lowest BCUT2D eigenvalue weighted by atomic mass is 10.2. The van der Waals surface area contributed by atoms with Crippen LogP contribution < -0.4 is 0 Å². The smallest absolute Gasteiger partial charge is 0.218 e. The molecule has 1 aliphatic rings. The molecular weight excluding hydrogens is 204 g/mol. The van der Waals surface area contributed by atoms with Crippen molar-refractivity contribution < 1.29 is 8.68 Å². The maximum Gasteiger partial charge on any atom is 0.384 e. The lowest BCUT2D eigenvalue weighted by Gasteiger charge is -2.30. The molecule has 0 unspecified atom stereocenters. The van der Waals surface area contributed by atoms with Crippen LogP contribution in [0.3, 0.4) is 0 Å². The fraction of sp³-hybridized carbons (Fsp3) is 0.875. The van der Waals surface area contributed by atoms with Crippen LogP contribution in [0.1, 0.15) is 19.3 Å². The molecule has 3 nitrogen and oxygen atoms in total. The van der Waals surface area contributed by atoms with Crippen molar-refractivity contribution in [3.05, 3.63) is 0 Å². The molecule has 0 bridgehead atoms. The van der Waals surface area contributed by atoms with Crippen LogP contribution in [0.4, 0.5) is 4.79 Å². The Morgan fingerprint density at radius 1 is 1.31 bits per heavy atom. The van der Waals surface area contributed by atoms with Gasteiger partial charge in [-0.05, 0) is 25.5 Å². The third-order valence-electron chi connectivity index (χ3n) is 2.10. The molecule has 0 atom stereocenters. The molecule has 0 radical (unpaired) electrons. The van der Waals surface area contributed by atoms with Gasteiger partial charge in [-0.2, -0.15) is 3.89 Å². The standard InChI is InChI=1S/C8H16N2OS2/c1-10(2,8(11)12)13-9-6-4-3-5-7-9/h3-7H2,1-2H3/p+1. The summed E-state index contributed by atoms with van der Waals surface area (Å²) < 4.78 is 2.53. The third kappa shape index (κ3) is 3.50. The topological polar surface area (TPSA) is 20.3 Å². The predicted octanol–water partition coefficient (Wildman–Crippen LogP) is 2.16. The minimum absolute atomic E-state index is 0.101. The Labute approximate surface area is 89.7 Å². The van der Waals surface area contributed by atoms with Gasteiger partial charge in [-0.25, -0.2) is 9.10 Å². The van der Waals surface area contributed by atoms with Crippen molar-refractivity contribution in [2.75, 3.05) is 27.2 Å². The predicted molar refractivity (Wildman–Crippen MR) is 59.5 cm³/mol. The summed E-state index contributed by atoms with van der Waals surface area (Å²) in [6.45, 7) is 2.18. The normalized spacial score (nSPS) is 20.2. The molecule has 1 heterocycles. The van der Waals surface area contributed by atoms with Crippen LogP contribution in [-0.4, -0.2) is 40.6 Å². The second-order valence-electron chi connectivity index (χ2n) is 3.70. The molecule has 0 N–H and O–H groups in total. The first kappa shape index (κ1) is 11.4. The first-order valence-corrected chi connectivity index (χ1v) is 5.72. The molecule has 76 valence electrons. The van der Waals surface area contributed by atoms with Crippen molar-refractivity contribution >= 4 is 30.0 Å². The van der Waals surface area contributed by atoms with E-state index in [1.807, 2.05) is 14.1 Å². The van der Waals surface area contributed by atoms with Crippen molar-refractivity contribution in [3.63, 3.8) is 0 Å².